The SMILES string of the molecule is CCCCNC(=O)[C@@H](CC)N(Cc1ccc(C)cc1)C(=O)COc1cccc(C)c1C. The maximum absolute atomic E-state index is 13.2. The molecule has 2 amide bonds. The molecular weight excluding hydrogens is 388 g/mol. The Balaban J connectivity index is 2.19. The van der Waals surface area contributed by atoms with Gasteiger partial charge >= 0.3 is 0 Å². The molecule has 0 fully saturated rings. The summed E-state index contributed by atoms with van der Waals surface area (Å²) in [5, 5.41) is 2.98. The number of ether oxygens (including phenoxy) is 1. The van der Waals surface area contributed by atoms with Crippen molar-refractivity contribution in [1.29, 1.82) is 0 Å². The Bertz CT molecular complexity index is 861. The molecule has 2 aromatic carbocycles. The zero-order valence-electron chi connectivity index (χ0n) is 19.5. The zero-order chi connectivity index (χ0) is 22.8. The molecule has 2 aromatic rings. The van der Waals surface area contributed by atoms with E-state index in [2.05, 4.69) is 12.2 Å². The second kappa shape index (κ2) is 12.1. The number of carbonyl (C=O) groups excluding carboxylic acids is 2. The third-order valence-electron chi connectivity index (χ3n) is 5.60. The van der Waals surface area contributed by atoms with Crippen LogP contribution in [0, 0.1) is 20.8 Å². The molecule has 0 spiro atoms. The summed E-state index contributed by atoms with van der Waals surface area (Å²) in [7, 11) is 0. The topological polar surface area (TPSA) is 58.6 Å². The lowest BCUT2D eigenvalue weighted by Crippen LogP contribution is -2.50. The average Bonchev–Trinajstić information content (AvgIpc) is 2.76. The minimum Gasteiger partial charge on any atom is -0.483 e. The maximum atomic E-state index is 13.2. The van der Waals surface area contributed by atoms with Crippen LogP contribution in [0.1, 0.15) is 55.4 Å². The number of nitrogens with zero attached hydrogens (tertiary/aromatic N) is 1. The van der Waals surface area contributed by atoms with Crippen molar-refractivity contribution in [1.82, 2.24) is 10.2 Å². The van der Waals surface area contributed by atoms with E-state index < -0.39 is 6.04 Å². The van der Waals surface area contributed by atoms with Crippen LogP contribution in [-0.4, -0.2) is 35.9 Å². The van der Waals surface area contributed by atoms with Gasteiger partial charge in [0.15, 0.2) is 6.61 Å². The number of carbonyl (C=O) groups is 2. The highest BCUT2D eigenvalue weighted by Crippen LogP contribution is 2.21. The first-order valence-corrected chi connectivity index (χ1v) is 11.2. The molecule has 31 heavy (non-hydrogen) atoms. The first kappa shape index (κ1) is 24.4. The number of hydrogen-bond acceptors (Lipinski definition) is 3. The molecule has 168 valence electrons. The van der Waals surface area contributed by atoms with Gasteiger partial charge in [-0.15, -0.1) is 0 Å². The van der Waals surface area contributed by atoms with Crippen molar-refractivity contribution in [3.8, 4) is 5.75 Å². The third kappa shape index (κ3) is 7.12. The van der Waals surface area contributed by atoms with E-state index in [1.165, 1.54) is 0 Å². The van der Waals surface area contributed by atoms with Gasteiger partial charge in [0.2, 0.25) is 5.91 Å². The van der Waals surface area contributed by atoms with E-state index in [0.29, 0.717) is 25.3 Å². The molecular formula is C26H36N2O3. The quantitative estimate of drug-likeness (QED) is 0.531. The Kier molecular flexibility index (Phi) is 9.57. The van der Waals surface area contributed by atoms with Crippen molar-refractivity contribution in [2.45, 2.75) is 66.5 Å². The summed E-state index contributed by atoms with van der Waals surface area (Å²) in [5.74, 6) is 0.395. The third-order valence-corrected chi connectivity index (χ3v) is 5.60. The largest absolute Gasteiger partial charge is 0.483 e. The summed E-state index contributed by atoms with van der Waals surface area (Å²) in [6.45, 7) is 10.9. The summed E-state index contributed by atoms with van der Waals surface area (Å²) >= 11 is 0. The van der Waals surface area contributed by atoms with E-state index >= 15 is 0 Å². The standard InChI is InChI=1S/C26H36N2O3/c1-6-8-16-27-26(30)23(7-2)28(17-22-14-12-19(3)13-15-22)25(29)18-31-24-11-9-10-20(4)21(24)5/h9-15,23H,6-8,16-18H2,1-5H3,(H,27,30)/t23-/m1/s1. The number of aryl methyl sites for hydroxylation is 2. The highest BCUT2D eigenvalue weighted by Gasteiger charge is 2.28. The van der Waals surface area contributed by atoms with E-state index in [-0.39, 0.29) is 18.4 Å². The smallest absolute Gasteiger partial charge is 0.261 e. The van der Waals surface area contributed by atoms with Crippen LogP contribution < -0.4 is 10.1 Å². The molecule has 0 saturated carbocycles. The van der Waals surface area contributed by atoms with Crippen molar-refractivity contribution in [3.63, 3.8) is 0 Å². The second-order valence-electron chi connectivity index (χ2n) is 8.06. The summed E-state index contributed by atoms with van der Waals surface area (Å²) in [6, 6.07) is 13.3. The van der Waals surface area contributed by atoms with Crippen LogP contribution >= 0.6 is 0 Å². The van der Waals surface area contributed by atoms with E-state index in [9.17, 15) is 9.59 Å². The van der Waals surface area contributed by atoms with Crippen LogP contribution in [0.25, 0.3) is 0 Å². The fraction of sp³-hybridized carbons (Fsp3) is 0.462. The number of hydrogen-bond donors (Lipinski definition) is 1. The Labute approximate surface area is 186 Å². The van der Waals surface area contributed by atoms with Gasteiger partial charge in [0.1, 0.15) is 11.8 Å². The van der Waals surface area contributed by atoms with Crippen molar-refractivity contribution in [2.75, 3.05) is 13.2 Å². The maximum Gasteiger partial charge on any atom is 0.261 e. The number of nitrogens with one attached hydrogen (secondary N) is 1. The van der Waals surface area contributed by atoms with Gasteiger partial charge < -0.3 is 15.0 Å². The Hall–Kier alpha value is -2.82. The molecule has 0 aliphatic carbocycles. The molecule has 0 aliphatic rings. The van der Waals surface area contributed by atoms with Gasteiger partial charge in [0.25, 0.3) is 5.91 Å². The van der Waals surface area contributed by atoms with Crippen LogP contribution in [0.15, 0.2) is 42.5 Å². The Morgan fingerprint density at radius 2 is 1.74 bits per heavy atom. The first-order chi connectivity index (χ1) is 14.9. The summed E-state index contributed by atoms with van der Waals surface area (Å²) in [5.41, 5.74) is 4.28. The van der Waals surface area contributed by atoms with Crippen LogP contribution in [-0.2, 0) is 16.1 Å². The molecule has 0 aromatic heterocycles. The molecule has 2 rings (SSSR count). The molecule has 0 unspecified atom stereocenters. The molecule has 0 aliphatic heterocycles. The van der Waals surface area contributed by atoms with Crippen LogP contribution in [0.2, 0.25) is 0 Å². The number of benzene rings is 2. The summed E-state index contributed by atoms with van der Waals surface area (Å²) in [6.07, 6.45) is 2.47. The van der Waals surface area contributed by atoms with Gasteiger partial charge in [-0.1, -0.05) is 62.2 Å². The van der Waals surface area contributed by atoms with Gasteiger partial charge in [-0.25, -0.2) is 0 Å². The van der Waals surface area contributed by atoms with E-state index in [0.717, 1.165) is 35.1 Å². The van der Waals surface area contributed by atoms with Gasteiger partial charge in [0.05, 0.1) is 0 Å². The fourth-order valence-electron chi connectivity index (χ4n) is 3.42. The lowest BCUT2D eigenvalue weighted by Gasteiger charge is -2.30. The molecule has 5 heteroatoms. The second-order valence-corrected chi connectivity index (χ2v) is 8.06. The molecule has 1 atom stereocenters. The van der Waals surface area contributed by atoms with Crippen LogP contribution in [0.4, 0.5) is 0 Å². The van der Waals surface area contributed by atoms with Crippen molar-refractivity contribution >= 4 is 11.8 Å². The molecule has 0 heterocycles. The van der Waals surface area contributed by atoms with E-state index in [4.69, 9.17) is 4.74 Å². The minimum atomic E-state index is -0.534. The molecule has 0 bridgehead atoms. The number of amides is 2. The fourth-order valence-corrected chi connectivity index (χ4v) is 3.42. The highest BCUT2D eigenvalue weighted by molar-refractivity contribution is 5.88. The van der Waals surface area contributed by atoms with Crippen LogP contribution in [0.3, 0.4) is 0 Å². The monoisotopic (exact) mass is 424 g/mol. The van der Waals surface area contributed by atoms with Crippen molar-refractivity contribution in [2.24, 2.45) is 0 Å². The molecule has 0 saturated heterocycles. The van der Waals surface area contributed by atoms with Gasteiger partial charge in [0, 0.05) is 13.1 Å². The normalized spacial score (nSPS) is 11.6. The molecule has 0 radical (unpaired) electrons. The van der Waals surface area contributed by atoms with Gasteiger partial charge in [-0.3, -0.25) is 9.59 Å². The van der Waals surface area contributed by atoms with Crippen molar-refractivity contribution < 1.29 is 14.3 Å². The lowest BCUT2D eigenvalue weighted by molar-refractivity contribution is -0.143. The van der Waals surface area contributed by atoms with Gasteiger partial charge in [-0.05, 0) is 56.4 Å². The van der Waals surface area contributed by atoms with Crippen molar-refractivity contribution in [3.05, 3.63) is 64.7 Å². The number of unbranched alkanes of at least 4 members (excludes halogenated alkanes) is 1. The average molecular weight is 425 g/mol. The lowest BCUT2D eigenvalue weighted by atomic mass is 10.1. The van der Waals surface area contributed by atoms with Crippen LogP contribution in [0.5, 0.6) is 5.75 Å². The molecule has 1 N–H and O–H groups in total. The first-order valence-electron chi connectivity index (χ1n) is 11.2. The van der Waals surface area contributed by atoms with E-state index in [1.54, 1.807) is 4.90 Å². The Morgan fingerprint density at radius 3 is 2.39 bits per heavy atom. The predicted molar refractivity (Wildman–Crippen MR) is 125 cm³/mol. The molecule has 5 nitrogen and oxygen atoms in total. The zero-order valence-corrected chi connectivity index (χ0v) is 19.5. The minimum absolute atomic E-state index is 0.102. The predicted octanol–water partition coefficient (Wildman–Crippen LogP) is 4.71. The van der Waals surface area contributed by atoms with E-state index in [1.807, 2.05) is 70.2 Å². The summed E-state index contributed by atoms with van der Waals surface area (Å²) in [4.78, 5) is 27.8. The van der Waals surface area contributed by atoms with Gasteiger partial charge in [-0.2, -0.15) is 0 Å². The Morgan fingerprint density at radius 1 is 1.03 bits per heavy atom. The highest BCUT2D eigenvalue weighted by atomic mass is 16.5. The number of rotatable bonds is 11. The summed E-state index contributed by atoms with van der Waals surface area (Å²) < 4.78 is 5.87.